The van der Waals surface area contributed by atoms with Gasteiger partial charge in [0.15, 0.2) is 0 Å². The monoisotopic (exact) mass is 304 g/mol. The predicted molar refractivity (Wildman–Crippen MR) is 76.1 cm³/mol. The summed E-state index contributed by atoms with van der Waals surface area (Å²) in [6.45, 7) is 7.68. The van der Waals surface area contributed by atoms with Crippen LogP contribution in [0.15, 0.2) is 15.9 Å². The third-order valence-electron chi connectivity index (χ3n) is 2.32. The largest absolute Gasteiger partial charge is 0.311 e. The molecule has 1 aromatic heterocycles. The zero-order valence-corrected chi connectivity index (χ0v) is 12.9. The van der Waals surface area contributed by atoms with Crippen LogP contribution in [-0.4, -0.2) is 32.1 Å². The van der Waals surface area contributed by atoms with Crippen molar-refractivity contribution in [1.82, 2.24) is 10.2 Å². The van der Waals surface area contributed by atoms with E-state index in [9.17, 15) is 0 Å². The van der Waals surface area contributed by atoms with Gasteiger partial charge in [-0.2, -0.15) is 0 Å². The van der Waals surface area contributed by atoms with Crippen LogP contribution in [0.25, 0.3) is 0 Å². The maximum atomic E-state index is 3.55. The van der Waals surface area contributed by atoms with Crippen molar-refractivity contribution in [2.45, 2.75) is 20.4 Å². The molecule has 0 aromatic carbocycles. The third kappa shape index (κ3) is 4.95. The molecule has 0 saturated heterocycles. The molecule has 16 heavy (non-hydrogen) atoms. The number of hydrogen-bond donors (Lipinski definition) is 1. The molecule has 0 radical (unpaired) electrons. The van der Waals surface area contributed by atoms with E-state index in [0.717, 1.165) is 19.6 Å². The fourth-order valence-corrected chi connectivity index (χ4v) is 3.34. The van der Waals surface area contributed by atoms with E-state index in [1.165, 1.54) is 9.35 Å². The first-order chi connectivity index (χ1) is 7.41. The second-order valence-corrected chi connectivity index (χ2v) is 7.05. The Bertz CT molecular complexity index is 321. The summed E-state index contributed by atoms with van der Waals surface area (Å²) in [5, 5.41) is 5.65. The zero-order chi connectivity index (χ0) is 12.2. The second-order valence-electron chi connectivity index (χ2n) is 5.20. The molecule has 0 spiro atoms. The number of halogens is 1. The first-order valence-electron chi connectivity index (χ1n) is 5.48. The summed E-state index contributed by atoms with van der Waals surface area (Å²) in [6.07, 6.45) is 0. The Kier molecular flexibility index (Phi) is 5.44. The minimum atomic E-state index is 0.313. The van der Waals surface area contributed by atoms with Crippen LogP contribution in [0, 0.1) is 5.41 Å². The van der Waals surface area contributed by atoms with E-state index in [2.05, 4.69) is 65.5 Å². The van der Waals surface area contributed by atoms with E-state index >= 15 is 0 Å². The summed E-state index contributed by atoms with van der Waals surface area (Å²) in [7, 11) is 4.25. The number of thiophene rings is 1. The van der Waals surface area contributed by atoms with Gasteiger partial charge in [-0.15, -0.1) is 11.3 Å². The van der Waals surface area contributed by atoms with E-state index in [-0.39, 0.29) is 0 Å². The third-order valence-corrected chi connectivity index (χ3v) is 4.25. The molecule has 2 nitrogen and oxygen atoms in total. The van der Waals surface area contributed by atoms with Gasteiger partial charge in [-0.25, -0.2) is 0 Å². The number of rotatable bonds is 6. The molecule has 1 heterocycles. The van der Waals surface area contributed by atoms with E-state index in [1.807, 2.05) is 0 Å². The standard InChI is InChI=1S/C12H21BrN2S/c1-12(2,9-15(3)4)8-14-7-11-10(13)5-6-16-11/h5-6,14H,7-9H2,1-4H3. The van der Waals surface area contributed by atoms with Gasteiger partial charge in [0.1, 0.15) is 0 Å². The van der Waals surface area contributed by atoms with Crippen molar-refractivity contribution >= 4 is 27.3 Å². The van der Waals surface area contributed by atoms with Crippen LogP contribution < -0.4 is 5.32 Å². The molecule has 0 aliphatic heterocycles. The minimum Gasteiger partial charge on any atom is -0.311 e. The summed E-state index contributed by atoms with van der Waals surface area (Å²) in [4.78, 5) is 3.61. The highest BCUT2D eigenvalue weighted by Gasteiger charge is 2.18. The summed E-state index contributed by atoms with van der Waals surface area (Å²) >= 11 is 5.34. The maximum Gasteiger partial charge on any atom is 0.0327 e. The smallest absolute Gasteiger partial charge is 0.0327 e. The summed E-state index contributed by atoms with van der Waals surface area (Å²) in [5.74, 6) is 0. The first kappa shape index (κ1) is 14.2. The lowest BCUT2D eigenvalue weighted by atomic mass is 9.93. The lowest BCUT2D eigenvalue weighted by Gasteiger charge is -2.28. The maximum absolute atomic E-state index is 3.55. The minimum absolute atomic E-state index is 0.313. The van der Waals surface area contributed by atoms with Crippen LogP contribution in [0.5, 0.6) is 0 Å². The zero-order valence-electron chi connectivity index (χ0n) is 10.5. The Morgan fingerprint density at radius 2 is 2.12 bits per heavy atom. The van der Waals surface area contributed by atoms with Gasteiger partial charge in [-0.05, 0) is 46.9 Å². The molecule has 0 unspecified atom stereocenters. The Balaban J connectivity index is 2.32. The molecular formula is C12H21BrN2S. The molecule has 0 fully saturated rings. The summed E-state index contributed by atoms with van der Waals surface area (Å²) in [6, 6.07) is 2.10. The quantitative estimate of drug-likeness (QED) is 0.868. The molecule has 0 atom stereocenters. The molecule has 1 rings (SSSR count). The highest BCUT2D eigenvalue weighted by atomic mass is 79.9. The lowest BCUT2D eigenvalue weighted by molar-refractivity contribution is 0.232. The second kappa shape index (κ2) is 6.15. The predicted octanol–water partition coefficient (Wildman–Crippen LogP) is 3.19. The van der Waals surface area contributed by atoms with Crippen molar-refractivity contribution < 1.29 is 0 Å². The molecule has 0 aliphatic carbocycles. The van der Waals surface area contributed by atoms with Gasteiger partial charge >= 0.3 is 0 Å². The van der Waals surface area contributed by atoms with Crippen molar-refractivity contribution in [3.63, 3.8) is 0 Å². The van der Waals surface area contributed by atoms with E-state index in [0.29, 0.717) is 5.41 Å². The topological polar surface area (TPSA) is 15.3 Å². The highest BCUT2D eigenvalue weighted by molar-refractivity contribution is 9.10. The Morgan fingerprint density at radius 3 is 2.62 bits per heavy atom. The summed E-state index contributed by atoms with van der Waals surface area (Å²) < 4.78 is 1.22. The van der Waals surface area contributed by atoms with Gasteiger partial charge in [-0.1, -0.05) is 13.8 Å². The van der Waals surface area contributed by atoms with Crippen LogP contribution in [0.2, 0.25) is 0 Å². The van der Waals surface area contributed by atoms with Crippen LogP contribution >= 0.6 is 27.3 Å². The lowest BCUT2D eigenvalue weighted by Crippen LogP contribution is -2.37. The normalized spacial score (nSPS) is 12.4. The Hall–Kier alpha value is 0.100. The van der Waals surface area contributed by atoms with Crippen LogP contribution in [0.3, 0.4) is 0 Å². The van der Waals surface area contributed by atoms with E-state index < -0.39 is 0 Å². The number of hydrogen-bond acceptors (Lipinski definition) is 3. The van der Waals surface area contributed by atoms with E-state index in [1.54, 1.807) is 11.3 Å². The van der Waals surface area contributed by atoms with Crippen molar-refractivity contribution in [2.75, 3.05) is 27.2 Å². The molecule has 1 aromatic rings. The van der Waals surface area contributed by atoms with Crippen LogP contribution in [0.4, 0.5) is 0 Å². The fraction of sp³-hybridized carbons (Fsp3) is 0.667. The molecule has 0 saturated carbocycles. The molecule has 92 valence electrons. The van der Waals surface area contributed by atoms with E-state index in [4.69, 9.17) is 0 Å². The highest BCUT2D eigenvalue weighted by Crippen LogP contribution is 2.22. The molecular weight excluding hydrogens is 284 g/mol. The molecule has 0 aliphatic rings. The van der Waals surface area contributed by atoms with Crippen molar-refractivity contribution in [3.8, 4) is 0 Å². The van der Waals surface area contributed by atoms with Crippen molar-refractivity contribution in [1.29, 1.82) is 0 Å². The summed E-state index contributed by atoms with van der Waals surface area (Å²) in [5.41, 5.74) is 0.313. The average molecular weight is 305 g/mol. The molecule has 0 bridgehead atoms. The van der Waals surface area contributed by atoms with Gasteiger partial charge in [-0.3, -0.25) is 0 Å². The molecule has 4 heteroatoms. The number of nitrogens with zero attached hydrogens (tertiary/aromatic N) is 1. The average Bonchev–Trinajstić information content (AvgIpc) is 2.49. The molecule has 1 N–H and O–H groups in total. The van der Waals surface area contributed by atoms with Gasteiger partial charge < -0.3 is 10.2 Å². The van der Waals surface area contributed by atoms with Gasteiger partial charge in [0, 0.05) is 29.0 Å². The van der Waals surface area contributed by atoms with Crippen LogP contribution in [0.1, 0.15) is 18.7 Å². The SMILES string of the molecule is CN(C)CC(C)(C)CNCc1sccc1Br. The molecule has 0 amide bonds. The Labute approximate surface area is 111 Å². The number of nitrogens with one attached hydrogen (secondary N) is 1. The van der Waals surface area contributed by atoms with Gasteiger partial charge in [0.25, 0.3) is 0 Å². The first-order valence-corrected chi connectivity index (χ1v) is 7.15. The Morgan fingerprint density at radius 1 is 1.44 bits per heavy atom. The van der Waals surface area contributed by atoms with Crippen LogP contribution in [-0.2, 0) is 6.54 Å². The fourth-order valence-electron chi connectivity index (χ4n) is 1.88. The van der Waals surface area contributed by atoms with Gasteiger partial charge in [0.2, 0.25) is 0 Å². The van der Waals surface area contributed by atoms with Crippen molar-refractivity contribution in [2.24, 2.45) is 5.41 Å². The van der Waals surface area contributed by atoms with Crippen molar-refractivity contribution in [3.05, 3.63) is 20.8 Å². The van der Waals surface area contributed by atoms with Gasteiger partial charge in [0.05, 0.1) is 0 Å².